The van der Waals surface area contributed by atoms with Gasteiger partial charge in [-0.3, -0.25) is 4.79 Å². The molecule has 104 valence electrons. The van der Waals surface area contributed by atoms with E-state index in [2.05, 4.69) is 46.2 Å². The standard InChI is InChI=1S/C15H27NO2/c1-7-11(3)13(5)15(6,8-2)16-12(4)9-10-14(17)18/h11,16H,4-5,7-10H2,1-3,6H3,(H,17,18). The Hall–Kier alpha value is -1.25. The zero-order valence-electron chi connectivity index (χ0n) is 12.2. The van der Waals surface area contributed by atoms with E-state index in [0.717, 1.165) is 24.1 Å². The van der Waals surface area contributed by atoms with Crippen molar-refractivity contribution < 1.29 is 9.90 Å². The molecule has 0 aliphatic heterocycles. The summed E-state index contributed by atoms with van der Waals surface area (Å²) in [7, 11) is 0. The smallest absolute Gasteiger partial charge is 0.303 e. The monoisotopic (exact) mass is 253 g/mol. The summed E-state index contributed by atoms with van der Waals surface area (Å²) in [5.41, 5.74) is 1.72. The first-order valence-corrected chi connectivity index (χ1v) is 6.63. The van der Waals surface area contributed by atoms with E-state index in [4.69, 9.17) is 5.11 Å². The Morgan fingerprint density at radius 2 is 1.89 bits per heavy atom. The fourth-order valence-corrected chi connectivity index (χ4v) is 1.90. The number of carboxylic acids is 1. The zero-order chi connectivity index (χ0) is 14.3. The lowest BCUT2D eigenvalue weighted by molar-refractivity contribution is -0.137. The van der Waals surface area contributed by atoms with E-state index in [1.54, 1.807) is 0 Å². The molecule has 3 heteroatoms. The van der Waals surface area contributed by atoms with E-state index >= 15 is 0 Å². The fourth-order valence-electron chi connectivity index (χ4n) is 1.90. The van der Waals surface area contributed by atoms with Crippen LogP contribution in [0.1, 0.15) is 53.4 Å². The number of rotatable bonds is 9. The third-order valence-corrected chi connectivity index (χ3v) is 3.72. The van der Waals surface area contributed by atoms with Crippen molar-refractivity contribution in [2.24, 2.45) is 5.92 Å². The zero-order valence-corrected chi connectivity index (χ0v) is 12.2. The van der Waals surface area contributed by atoms with E-state index in [0.29, 0.717) is 12.3 Å². The van der Waals surface area contributed by atoms with Gasteiger partial charge in [0.15, 0.2) is 0 Å². The Kier molecular flexibility index (Phi) is 6.74. The minimum Gasteiger partial charge on any atom is -0.481 e. The number of allylic oxidation sites excluding steroid dienone is 1. The van der Waals surface area contributed by atoms with Crippen molar-refractivity contribution in [3.05, 3.63) is 24.4 Å². The molecule has 2 N–H and O–H groups in total. The van der Waals surface area contributed by atoms with Gasteiger partial charge in [-0.25, -0.2) is 0 Å². The third-order valence-electron chi connectivity index (χ3n) is 3.72. The minimum atomic E-state index is -0.795. The molecule has 0 heterocycles. The molecule has 0 aliphatic carbocycles. The number of carboxylic acid groups (broad SMARTS) is 1. The maximum Gasteiger partial charge on any atom is 0.303 e. The van der Waals surface area contributed by atoms with Crippen LogP contribution >= 0.6 is 0 Å². The Bertz CT molecular complexity index is 322. The maximum atomic E-state index is 10.5. The molecule has 2 atom stereocenters. The molecule has 2 unspecified atom stereocenters. The van der Waals surface area contributed by atoms with Gasteiger partial charge in [0.25, 0.3) is 0 Å². The van der Waals surface area contributed by atoms with E-state index in [1.807, 2.05) is 0 Å². The van der Waals surface area contributed by atoms with Crippen LogP contribution in [0.4, 0.5) is 0 Å². The SMILES string of the molecule is C=C(CCC(=O)O)NC(C)(CC)C(=C)C(C)CC. The number of hydrogen-bond acceptors (Lipinski definition) is 2. The van der Waals surface area contributed by atoms with Crippen LogP contribution in [0.5, 0.6) is 0 Å². The Morgan fingerprint density at radius 1 is 1.33 bits per heavy atom. The summed E-state index contributed by atoms with van der Waals surface area (Å²) < 4.78 is 0. The van der Waals surface area contributed by atoms with Crippen molar-refractivity contribution in [1.29, 1.82) is 0 Å². The molecule has 0 aromatic carbocycles. The molecule has 0 spiro atoms. The second-order valence-electron chi connectivity index (χ2n) is 5.14. The average molecular weight is 253 g/mol. The summed E-state index contributed by atoms with van der Waals surface area (Å²) >= 11 is 0. The molecule has 18 heavy (non-hydrogen) atoms. The number of aliphatic carboxylic acids is 1. The van der Waals surface area contributed by atoms with Crippen molar-refractivity contribution in [2.45, 2.75) is 58.9 Å². The molecule has 0 fully saturated rings. The summed E-state index contributed by atoms with van der Waals surface area (Å²) in [6.45, 7) is 16.6. The first kappa shape index (κ1) is 16.8. The van der Waals surface area contributed by atoms with Gasteiger partial charge in [-0.15, -0.1) is 0 Å². The van der Waals surface area contributed by atoms with Crippen LogP contribution < -0.4 is 5.32 Å². The average Bonchev–Trinajstić information content (AvgIpc) is 2.34. The van der Waals surface area contributed by atoms with E-state index < -0.39 is 5.97 Å². The van der Waals surface area contributed by atoms with Gasteiger partial charge in [-0.2, -0.15) is 0 Å². The molecule has 0 radical (unpaired) electrons. The van der Waals surface area contributed by atoms with Gasteiger partial charge < -0.3 is 10.4 Å². The first-order valence-electron chi connectivity index (χ1n) is 6.63. The molecular formula is C15H27NO2. The molecular weight excluding hydrogens is 226 g/mol. The van der Waals surface area contributed by atoms with E-state index in [1.165, 1.54) is 0 Å². The highest BCUT2D eigenvalue weighted by Crippen LogP contribution is 2.28. The molecule has 0 aromatic rings. The van der Waals surface area contributed by atoms with Crippen LogP contribution in [-0.4, -0.2) is 16.6 Å². The van der Waals surface area contributed by atoms with Gasteiger partial charge in [0, 0.05) is 5.70 Å². The van der Waals surface area contributed by atoms with E-state index in [9.17, 15) is 4.79 Å². The summed E-state index contributed by atoms with van der Waals surface area (Å²) in [6, 6.07) is 0. The summed E-state index contributed by atoms with van der Waals surface area (Å²) in [5, 5.41) is 12.0. The predicted molar refractivity (Wildman–Crippen MR) is 76.4 cm³/mol. The Labute approximate surface area is 111 Å². The number of nitrogens with one attached hydrogen (secondary N) is 1. The summed E-state index contributed by atoms with van der Waals surface area (Å²) in [4.78, 5) is 10.5. The van der Waals surface area contributed by atoms with Crippen LogP contribution in [0.2, 0.25) is 0 Å². The first-order chi connectivity index (χ1) is 8.26. The van der Waals surface area contributed by atoms with Crippen molar-refractivity contribution in [1.82, 2.24) is 5.32 Å². The number of carbonyl (C=O) groups is 1. The van der Waals surface area contributed by atoms with Crippen LogP contribution in [0.25, 0.3) is 0 Å². The van der Waals surface area contributed by atoms with Gasteiger partial charge in [-0.1, -0.05) is 33.9 Å². The lowest BCUT2D eigenvalue weighted by Crippen LogP contribution is -2.44. The number of hydrogen-bond donors (Lipinski definition) is 2. The second-order valence-corrected chi connectivity index (χ2v) is 5.14. The van der Waals surface area contributed by atoms with Crippen molar-refractivity contribution in [3.63, 3.8) is 0 Å². The largest absolute Gasteiger partial charge is 0.481 e. The predicted octanol–water partition coefficient (Wildman–Crippen LogP) is 3.73. The molecule has 0 bridgehead atoms. The molecule has 0 aromatic heterocycles. The van der Waals surface area contributed by atoms with Gasteiger partial charge >= 0.3 is 5.97 Å². The van der Waals surface area contributed by atoms with E-state index in [-0.39, 0.29) is 12.0 Å². The van der Waals surface area contributed by atoms with Gasteiger partial charge in [-0.05, 0) is 37.7 Å². The molecule has 0 saturated heterocycles. The van der Waals surface area contributed by atoms with Gasteiger partial charge in [0.1, 0.15) is 0 Å². The lowest BCUT2D eigenvalue weighted by atomic mass is 9.81. The molecule has 0 saturated carbocycles. The molecule has 0 aliphatic rings. The van der Waals surface area contributed by atoms with Gasteiger partial charge in [0.05, 0.1) is 12.0 Å². The Morgan fingerprint density at radius 3 is 2.28 bits per heavy atom. The highest BCUT2D eigenvalue weighted by atomic mass is 16.4. The van der Waals surface area contributed by atoms with Crippen LogP contribution in [0.15, 0.2) is 24.4 Å². The molecule has 0 rings (SSSR count). The highest BCUT2D eigenvalue weighted by Gasteiger charge is 2.28. The summed E-state index contributed by atoms with van der Waals surface area (Å²) in [5.74, 6) is -0.355. The Balaban J connectivity index is 4.61. The topological polar surface area (TPSA) is 49.3 Å². The second kappa shape index (κ2) is 7.24. The fraction of sp³-hybridized carbons (Fsp3) is 0.667. The maximum absolute atomic E-state index is 10.5. The normalized spacial score (nSPS) is 15.6. The highest BCUT2D eigenvalue weighted by molar-refractivity contribution is 5.66. The van der Waals surface area contributed by atoms with Gasteiger partial charge in [0.2, 0.25) is 0 Å². The van der Waals surface area contributed by atoms with Crippen molar-refractivity contribution in [3.8, 4) is 0 Å². The van der Waals surface area contributed by atoms with Crippen molar-refractivity contribution >= 4 is 5.97 Å². The quantitative estimate of drug-likeness (QED) is 0.616. The lowest BCUT2D eigenvalue weighted by Gasteiger charge is -2.36. The van der Waals surface area contributed by atoms with Crippen molar-refractivity contribution in [2.75, 3.05) is 0 Å². The third kappa shape index (κ3) is 4.94. The molecule has 0 amide bonds. The van der Waals surface area contributed by atoms with Crippen LogP contribution in [0.3, 0.4) is 0 Å². The minimum absolute atomic E-state index is 0.113. The summed E-state index contributed by atoms with van der Waals surface area (Å²) in [6.07, 6.45) is 2.53. The van der Waals surface area contributed by atoms with Crippen LogP contribution in [-0.2, 0) is 4.79 Å². The molecule has 3 nitrogen and oxygen atoms in total. The van der Waals surface area contributed by atoms with Crippen LogP contribution in [0, 0.1) is 5.92 Å².